The Morgan fingerprint density at radius 3 is 2.90 bits per heavy atom. The lowest BCUT2D eigenvalue weighted by molar-refractivity contribution is 0.197. The van der Waals surface area contributed by atoms with Gasteiger partial charge in [0.05, 0.1) is 0 Å². The first kappa shape index (κ1) is 14.4. The molecule has 0 aromatic heterocycles. The van der Waals surface area contributed by atoms with Gasteiger partial charge in [-0.3, -0.25) is 4.90 Å². The van der Waals surface area contributed by atoms with E-state index in [4.69, 9.17) is 0 Å². The average Bonchev–Trinajstić information content (AvgIpc) is 2.50. The fourth-order valence-corrected chi connectivity index (χ4v) is 4.69. The van der Waals surface area contributed by atoms with Gasteiger partial charge in [-0.25, -0.2) is 0 Å². The van der Waals surface area contributed by atoms with Gasteiger partial charge in [-0.1, -0.05) is 36.8 Å². The third kappa shape index (κ3) is 4.24. The maximum Gasteiger partial charge on any atom is 0.0235 e. The Hall–Kier alpha value is -0.510. The summed E-state index contributed by atoms with van der Waals surface area (Å²) in [4.78, 5) is 2.69. The lowest BCUT2D eigenvalue weighted by Gasteiger charge is -2.36. The summed E-state index contributed by atoms with van der Waals surface area (Å²) in [5.74, 6) is 1.38. The summed E-state index contributed by atoms with van der Waals surface area (Å²) in [6, 6.07) is 11.5. The highest BCUT2D eigenvalue weighted by Gasteiger charge is 2.23. The van der Waals surface area contributed by atoms with E-state index in [1.165, 1.54) is 50.2 Å². The van der Waals surface area contributed by atoms with Gasteiger partial charge in [0.25, 0.3) is 0 Å². The zero-order valence-electron chi connectivity index (χ0n) is 12.3. The van der Waals surface area contributed by atoms with Gasteiger partial charge in [0.15, 0.2) is 0 Å². The van der Waals surface area contributed by atoms with Crippen molar-refractivity contribution in [3.05, 3.63) is 35.9 Å². The van der Waals surface area contributed by atoms with Crippen molar-refractivity contribution < 1.29 is 0 Å². The molecule has 0 bridgehead atoms. The predicted molar refractivity (Wildman–Crippen MR) is 88.5 cm³/mol. The van der Waals surface area contributed by atoms with Gasteiger partial charge in [-0.2, -0.15) is 11.8 Å². The van der Waals surface area contributed by atoms with E-state index >= 15 is 0 Å². The van der Waals surface area contributed by atoms with Gasteiger partial charge in [0.1, 0.15) is 0 Å². The molecule has 110 valence electrons. The number of benzene rings is 1. The molecule has 0 spiro atoms. The number of nitrogens with zero attached hydrogens (tertiary/aromatic N) is 1. The maximum absolute atomic E-state index is 3.69. The zero-order valence-corrected chi connectivity index (χ0v) is 13.1. The van der Waals surface area contributed by atoms with Crippen LogP contribution >= 0.6 is 11.8 Å². The summed E-state index contributed by atoms with van der Waals surface area (Å²) in [5.41, 5.74) is 1.46. The Kier molecular flexibility index (Phi) is 5.40. The van der Waals surface area contributed by atoms with Crippen molar-refractivity contribution in [2.45, 2.75) is 37.0 Å². The summed E-state index contributed by atoms with van der Waals surface area (Å²) in [6.07, 6.45) is 5.46. The van der Waals surface area contributed by atoms with Crippen LogP contribution in [0.4, 0.5) is 0 Å². The monoisotopic (exact) mass is 290 g/mol. The number of nitrogens with one attached hydrogen (secondary N) is 1. The molecule has 0 saturated carbocycles. The lowest BCUT2D eigenvalue weighted by Crippen LogP contribution is -2.53. The quantitative estimate of drug-likeness (QED) is 0.918. The Bertz CT molecular complexity index is 389. The van der Waals surface area contributed by atoms with Crippen LogP contribution in [0, 0.1) is 0 Å². The SMILES string of the molecule is c1ccc(CC2CN(CC3CCCCS3)CCN2)cc1. The van der Waals surface area contributed by atoms with E-state index < -0.39 is 0 Å². The van der Waals surface area contributed by atoms with Crippen molar-refractivity contribution in [1.29, 1.82) is 0 Å². The van der Waals surface area contributed by atoms with Gasteiger partial charge in [0.2, 0.25) is 0 Å². The van der Waals surface area contributed by atoms with E-state index in [1.807, 2.05) is 0 Å². The van der Waals surface area contributed by atoms with Gasteiger partial charge < -0.3 is 5.32 Å². The molecule has 3 rings (SSSR count). The van der Waals surface area contributed by atoms with Crippen LogP contribution in [0.2, 0.25) is 0 Å². The van der Waals surface area contributed by atoms with E-state index in [0.717, 1.165) is 18.2 Å². The van der Waals surface area contributed by atoms with Crippen LogP contribution in [0.15, 0.2) is 30.3 Å². The molecular formula is C17H26N2S. The topological polar surface area (TPSA) is 15.3 Å². The predicted octanol–water partition coefficient (Wildman–Crippen LogP) is 2.79. The van der Waals surface area contributed by atoms with Crippen LogP contribution in [-0.2, 0) is 6.42 Å². The Labute approximate surface area is 127 Å². The van der Waals surface area contributed by atoms with Crippen LogP contribution in [0.1, 0.15) is 24.8 Å². The molecule has 2 nitrogen and oxygen atoms in total. The molecule has 1 N–H and O–H groups in total. The summed E-state index contributed by atoms with van der Waals surface area (Å²) >= 11 is 2.20. The van der Waals surface area contributed by atoms with E-state index in [2.05, 4.69) is 52.3 Å². The molecule has 20 heavy (non-hydrogen) atoms. The van der Waals surface area contributed by atoms with E-state index in [9.17, 15) is 0 Å². The van der Waals surface area contributed by atoms with Crippen LogP contribution in [-0.4, -0.2) is 48.1 Å². The third-order valence-electron chi connectivity index (χ3n) is 4.40. The zero-order chi connectivity index (χ0) is 13.6. The minimum absolute atomic E-state index is 0.625. The number of hydrogen-bond acceptors (Lipinski definition) is 3. The van der Waals surface area contributed by atoms with Gasteiger partial charge in [0, 0.05) is 37.5 Å². The normalized spacial score (nSPS) is 28.4. The Morgan fingerprint density at radius 1 is 1.20 bits per heavy atom. The largest absolute Gasteiger partial charge is 0.311 e. The summed E-state index contributed by atoms with van der Waals surface area (Å²) in [6.45, 7) is 4.89. The minimum atomic E-state index is 0.625. The first-order valence-electron chi connectivity index (χ1n) is 8.01. The second kappa shape index (κ2) is 7.48. The number of thioether (sulfide) groups is 1. The number of hydrogen-bond donors (Lipinski definition) is 1. The molecular weight excluding hydrogens is 264 g/mol. The van der Waals surface area contributed by atoms with Crippen molar-refractivity contribution >= 4 is 11.8 Å². The van der Waals surface area contributed by atoms with Crippen LogP contribution < -0.4 is 5.32 Å². The fourth-order valence-electron chi connectivity index (χ4n) is 3.33. The molecule has 2 atom stereocenters. The number of rotatable bonds is 4. The molecule has 2 fully saturated rings. The molecule has 3 heteroatoms. The van der Waals surface area contributed by atoms with Gasteiger partial charge in [-0.05, 0) is 30.6 Å². The fraction of sp³-hybridized carbons (Fsp3) is 0.647. The second-order valence-corrected chi connectivity index (χ2v) is 7.50. The smallest absolute Gasteiger partial charge is 0.0235 e. The van der Waals surface area contributed by atoms with E-state index in [-0.39, 0.29) is 0 Å². The molecule has 2 heterocycles. The van der Waals surface area contributed by atoms with Crippen molar-refractivity contribution in [2.75, 3.05) is 31.9 Å². The van der Waals surface area contributed by atoms with E-state index in [0.29, 0.717) is 6.04 Å². The van der Waals surface area contributed by atoms with Crippen LogP contribution in [0.3, 0.4) is 0 Å². The molecule has 1 aromatic carbocycles. The molecule has 0 amide bonds. The van der Waals surface area contributed by atoms with Crippen molar-refractivity contribution in [2.24, 2.45) is 0 Å². The Morgan fingerprint density at radius 2 is 2.10 bits per heavy atom. The summed E-state index contributed by atoms with van der Waals surface area (Å²) in [5, 5.41) is 4.57. The van der Waals surface area contributed by atoms with Crippen molar-refractivity contribution in [3.63, 3.8) is 0 Å². The first-order chi connectivity index (χ1) is 9.90. The summed E-state index contributed by atoms with van der Waals surface area (Å²) in [7, 11) is 0. The Balaban J connectivity index is 1.48. The molecule has 2 saturated heterocycles. The standard InChI is InChI=1S/C17H26N2S/c1-2-6-15(7-3-1)12-16-13-19(10-9-18-16)14-17-8-4-5-11-20-17/h1-3,6-7,16-18H,4-5,8-14H2. The minimum Gasteiger partial charge on any atom is -0.311 e. The highest BCUT2D eigenvalue weighted by Crippen LogP contribution is 2.26. The average molecular weight is 290 g/mol. The lowest BCUT2D eigenvalue weighted by atomic mass is 10.0. The first-order valence-corrected chi connectivity index (χ1v) is 9.06. The summed E-state index contributed by atoms with van der Waals surface area (Å²) < 4.78 is 0. The van der Waals surface area contributed by atoms with Gasteiger partial charge in [-0.15, -0.1) is 0 Å². The van der Waals surface area contributed by atoms with Crippen LogP contribution in [0.25, 0.3) is 0 Å². The molecule has 2 aliphatic heterocycles. The second-order valence-electron chi connectivity index (χ2n) is 6.09. The van der Waals surface area contributed by atoms with E-state index in [1.54, 1.807) is 0 Å². The maximum atomic E-state index is 3.69. The number of piperazine rings is 1. The molecule has 1 aromatic rings. The highest BCUT2D eigenvalue weighted by atomic mass is 32.2. The molecule has 0 radical (unpaired) electrons. The molecule has 0 aliphatic carbocycles. The van der Waals surface area contributed by atoms with Crippen molar-refractivity contribution in [1.82, 2.24) is 10.2 Å². The third-order valence-corrected chi connectivity index (χ3v) is 5.78. The highest BCUT2D eigenvalue weighted by molar-refractivity contribution is 7.99. The van der Waals surface area contributed by atoms with Crippen LogP contribution in [0.5, 0.6) is 0 Å². The molecule has 2 aliphatic rings. The van der Waals surface area contributed by atoms with Gasteiger partial charge >= 0.3 is 0 Å². The van der Waals surface area contributed by atoms with Crippen molar-refractivity contribution in [3.8, 4) is 0 Å². The molecule has 2 unspecified atom stereocenters.